The van der Waals surface area contributed by atoms with Crippen molar-refractivity contribution in [3.05, 3.63) is 35.7 Å². The molecule has 0 saturated heterocycles. The minimum Gasteiger partial charge on any atom is -0.478 e. The van der Waals surface area contributed by atoms with Crippen LogP contribution in [0.25, 0.3) is 5.57 Å². The highest BCUT2D eigenvalue weighted by Crippen LogP contribution is 2.38. The molecule has 4 nitrogen and oxygen atoms in total. The van der Waals surface area contributed by atoms with E-state index in [2.05, 4.69) is 0 Å². The van der Waals surface area contributed by atoms with Crippen molar-refractivity contribution in [2.75, 3.05) is 11.4 Å². The molecule has 2 rings (SSSR count). The minimum absolute atomic E-state index is 0.0377. The van der Waals surface area contributed by atoms with Gasteiger partial charge in [-0.2, -0.15) is 0 Å². The Balaban J connectivity index is 2.47. The van der Waals surface area contributed by atoms with Crippen LogP contribution in [0.15, 0.2) is 24.3 Å². The zero-order chi connectivity index (χ0) is 14.9. The summed E-state index contributed by atoms with van der Waals surface area (Å²) >= 11 is 0. The standard InChI is InChI=1S/C15H16FNO3/c1-9(2)6-7-17-14-10(4-3-5-12(14)16)11(15(17)20)8-13(18)19/h3-5,8-9H,6-7H2,1-2H3,(H,18,19). The average molecular weight is 277 g/mol. The third kappa shape index (κ3) is 2.57. The fraction of sp³-hybridized carbons (Fsp3) is 0.333. The Kier molecular flexibility index (Phi) is 3.88. The van der Waals surface area contributed by atoms with E-state index in [-0.39, 0.29) is 11.3 Å². The molecule has 1 heterocycles. The van der Waals surface area contributed by atoms with Crippen LogP contribution >= 0.6 is 0 Å². The Morgan fingerprint density at radius 3 is 2.75 bits per heavy atom. The molecule has 0 aromatic heterocycles. The number of anilines is 1. The molecule has 0 unspecified atom stereocenters. The molecule has 0 bridgehead atoms. The average Bonchev–Trinajstić information content (AvgIpc) is 2.61. The summed E-state index contributed by atoms with van der Waals surface area (Å²) in [5, 5.41) is 8.85. The molecule has 0 aliphatic carbocycles. The quantitative estimate of drug-likeness (QED) is 0.861. The molecule has 0 fully saturated rings. The van der Waals surface area contributed by atoms with Gasteiger partial charge in [-0.1, -0.05) is 26.0 Å². The number of para-hydroxylation sites is 1. The van der Waals surface area contributed by atoms with Gasteiger partial charge in [0.15, 0.2) is 0 Å². The van der Waals surface area contributed by atoms with Gasteiger partial charge in [0.2, 0.25) is 0 Å². The molecule has 1 aliphatic rings. The first kappa shape index (κ1) is 14.2. The first-order chi connectivity index (χ1) is 9.41. The number of fused-ring (bicyclic) bond motifs is 1. The summed E-state index contributed by atoms with van der Waals surface area (Å²) < 4.78 is 14.0. The summed E-state index contributed by atoms with van der Waals surface area (Å²) in [7, 11) is 0. The molecule has 0 radical (unpaired) electrons. The predicted molar refractivity (Wildman–Crippen MR) is 73.8 cm³/mol. The monoisotopic (exact) mass is 277 g/mol. The van der Waals surface area contributed by atoms with Crippen LogP contribution in [0.3, 0.4) is 0 Å². The van der Waals surface area contributed by atoms with E-state index in [4.69, 9.17) is 5.11 Å². The normalized spacial score (nSPS) is 16.1. The van der Waals surface area contributed by atoms with E-state index in [9.17, 15) is 14.0 Å². The zero-order valence-electron chi connectivity index (χ0n) is 11.4. The third-order valence-corrected chi connectivity index (χ3v) is 3.22. The second-order valence-corrected chi connectivity index (χ2v) is 5.17. The maximum Gasteiger partial charge on any atom is 0.329 e. The highest BCUT2D eigenvalue weighted by atomic mass is 19.1. The first-order valence-electron chi connectivity index (χ1n) is 6.47. The molecular formula is C15H16FNO3. The lowest BCUT2D eigenvalue weighted by Gasteiger charge is -2.18. The number of carboxylic acids is 1. The van der Waals surface area contributed by atoms with Crippen molar-refractivity contribution in [2.45, 2.75) is 20.3 Å². The van der Waals surface area contributed by atoms with Crippen LogP contribution in [0.5, 0.6) is 0 Å². The number of amides is 1. The SMILES string of the molecule is CC(C)CCN1C(=O)C(=CC(=O)O)c2cccc(F)c21. The van der Waals surface area contributed by atoms with Crippen LogP contribution in [0.1, 0.15) is 25.8 Å². The summed E-state index contributed by atoms with van der Waals surface area (Å²) in [6, 6.07) is 4.32. The van der Waals surface area contributed by atoms with E-state index >= 15 is 0 Å². The van der Waals surface area contributed by atoms with Gasteiger partial charge in [-0.05, 0) is 18.4 Å². The fourth-order valence-electron chi connectivity index (χ4n) is 2.23. The summed E-state index contributed by atoms with van der Waals surface area (Å²) in [6.07, 6.45) is 1.57. The number of aliphatic carboxylic acids is 1. The lowest BCUT2D eigenvalue weighted by atomic mass is 10.1. The second kappa shape index (κ2) is 5.45. The Labute approximate surface area is 116 Å². The Morgan fingerprint density at radius 2 is 2.15 bits per heavy atom. The maximum atomic E-state index is 14.0. The predicted octanol–water partition coefficient (Wildman–Crippen LogP) is 2.69. The minimum atomic E-state index is -1.21. The molecule has 1 N–H and O–H groups in total. The van der Waals surface area contributed by atoms with Gasteiger partial charge in [0.25, 0.3) is 5.91 Å². The molecule has 106 valence electrons. The molecule has 20 heavy (non-hydrogen) atoms. The molecule has 1 aromatic rings. The number of benzene rings is 1. The van der Waals surface area contributed by atoms with E-state index < -0.39 is 17.7 Å². The van der Waals surface area contributed by atoms with Crippen molar-refractivity contribution in [1.29, 1.82) is 0 Å². The Bertz CT molecular complexity index is 593. The molecule has 1 aliphatic heterocycles. The number of nitrogens with zero attached hydrogens (tertiary/aromatic N) is 1. The van der Waals surface area contributed by atoms with Crippen LogP contribution in [-0.2, 0) is 9.59 Å². The van der Waals surface area contributed by atoms with Gasteiger partial charge in [-0.3, -0.25) is 4.79 Å². The van der Waals surface area contributed by atoms with Gasteiger partial charge < -0.3 is 10.0 Å². The molecule has 1 aromatic carbocycles. The third-order valence-electron chi connectivity index (χ3n) is 3.22. The Hall–Kier alpha value is -2.17. The van der Waals surface area contributed by atoms with Gasteiger partial charge in [0.05, 0.1) is 11.3 Å². The largest absolute Gasteiger partial charge is 0.478 e. The highest BCUT2D eigenvalue weighted by Gasteiger charge is 2.34. The van der Waals surface area contributed by atoms with Crippen molar-refractivity contribution in [2.24, 2.45) is 5.92 Å². The summed E-state index contributed by atoms with van der Waals surface area (Å²) in [4.78, 5) is 24.5. The number of carbonyl (C=O) groups is 2. The topological polar surface area (TPSA) is 57.6 Å². The van der Waals surface area contributed by atoms with Crippen LogP contribution in [-0.4, -0.2) is 23.5 Å². The van der Waals surface area contributed by atoms with Gasteiger partial charge in [0, 0.05) is 18.2 Å². The second-order valence-electron chi connectivity index (χ2n) is 5.17. The van der Waals surface area contributed by atoms with Crippen LogP contribution in [0.2, 0.25) is 0 Å². The fourth-order valence-corrected chi connectivity index (χ4v) is 2.23. The van der Waals surface area contributed by atoms with Gasteiger partial charge >= 0.3 is 5.97 Å². The number of halogens is 1. The molecule has 0 spiro atoms. The number of carbonyl (C=O) groups excluding carboxylic acids is 1. The summed E-state index contributed by atoms with van der Waals surface area (Å²) in [6.45, 7) is 4.40. The van der Waals surface area contributed by atoms with E-state index in [1.54, 1.807) is 6.07 Å². The van der Waals surface area contributed by atoms with Crippen molar-refractivity contribution < 1.29 is 19.1 Å². The van der Waals surface area contributed by atoms with Crippen molar-refractivity contribution in [3.8, 4) is 0 Å². The summed E-state index contributed by atoms with van der Waals surface area (Å²) in [5.74, 6) is -1.80. The van der Waals surface area contributed by atoms with Crippen molar-refractivity contribution >= 4 is 23.1 Å². The van der Waals surface area contributed by atoms with E-state index in [1.165, 1.54) is 17.0 Å². The molecule has 5 heteroatoms. The van der Waals surface area contributed by atoms with E-state index in [0.29, 0.717) is 18.0 Å². The van der Waals surface area contributed by atoms with E-state index in [0.717, 1.165) is 12.5 Å². The molecule has 1 amide bonds. The van der Waals surface area contributed by atoms with Gasteiger partial charge in [-0.25, -0.2) is 9.18 Å². The van der Waals surface area contributed by atoms with E-state index in [1.807, 2.05) is 13.8 Å². The first-order valence-corrected chi connectivity index (χ1v) is 6.47. The number of hydrogen-bond acceptors (Lipinski definition) is 2. The van der Waals surface area contributed by atoms with Gasteiger partial charge in [0.1, 0.15) is 5.82 Å². The molecular weight excluding hydrogens is 261 g/mol. The molecule has 0 atom stereocenters. The number of carboxylic acid groups (broad SMARTS) is 1. The number of rotatable bonds is 4. The Morgan fingerprint density at radius 1 is 1.45 bits per heavy atom. The maximum absolute atomic E-state index is 14.0. The number of hydrogen-bond donors (Lipinski definition) is 1. The highest BCUT2D eigenvalue weighted by molar-refractivity contribution is 6.34. The lowest BCUT2D eigenvalue weighted by molar-refractivity contribution is -0.131. The molecule has 0 saturated carbocycles. The van der Waals surface area contributed by atoms with Crippen molar-refractivity contribution in [1.82, 2.24) is 0 Å². The van der Waals surface area contributed by atoms with Crippen molar-refractivity contribution in [3.63, 3.8) is 0 Å². The van der Waals surface area contributed by atoms with Gasteiger partial charge in [-0.15, -0.1) is 0 Å². The smallest absolute Gasteiger partial charge is 0.329 e. The van der Waals surface area contributed by atoms with Crippen LogP contribution in [0.4, 0.5) is 10.1 Å². The summed E-state index contributed by atoms with van der Waals surface area (Å²) in [5.41, 5.74) is 0.572. The van der Waals surface area contributed by atoms with Crippen LogP contribution < -0.4 is 4.90 Å². The van der Waals surface area contributed by atoms with Crippen LogP contribution in [0, 0.1) is 11.7 Å². The lowest BCUT2D eigenvalue weighted by Crippen LogP contribution is -2.29. The zero-order valence-corrected chi connectivity index (χ0v) is 11.4.